The molecule has 0 aromatic heterocycles. The fraction of sp³-hybridized carbons (Fsp3) is 0.286. The average Bonchev–Trinajstić information content (AvgIpc) is 2.46. The fourth-order valence-corrected chi connectivity index (χ4v) is 1.84. The van der Waals surface area contributed by atoms with Crippen LogP contribution >= 0.6 is 34.8 Å². The van der Waals surface area contributed by atoms with Gasteiger partial charge in [0.2, 0.25) is 3.79 Å². The number of ether oxygens (including phenoxy) is 2. The number of aliphatic hydroxyl groups is 1. The Morgan fingerprint density at radius 3 is 2.23 bits per heavy atom. The van der Waals surface area contributed by atoms with Crippen LogP contribution in [0.5, 0.6) is 5.75 Å². The van der Waals surface area contributed by atoms with Gasteiger partial charge in [-0.05, 0) is 31.2 Å². The highest BCUT2D eigenvalue weighted by molar-refractivity contribution is 6.78. The summed E-state index contributed by atoms with van der Waals surface area (Å²) in [5.74, 6) is -0.907. The number of aliphatic hydroxyl groups excluding tert-OH is 1. The van der Waals surface area contributed by atoms with Crippen LogP contribution in [0, 0.1) is 5.41 Å². The lowest BCUT2D eigenvalue weighted by atomic mass is 10.0. The second-order valence-electron chi connectivity index (χ2n) is 4.05. The molecule has 0 heterocycles. The third-order valence-electron chi connectivity index (χ3n) is 2.61. The number of benzene rings is 1. The zero-order valence-corrected chi connectivity index (χ0v) is 14.1. The molecule has 5 nitrogen and oxygen atoms in total. The zero-order valence-electron chi connectivity index (χ0n) is 11.8. The highest BCUT2D eigenvalue weighted by Gasteiger charge is 2.36. The maximum absolute atomic E-state index is 12.0. The molecule has 0 unspecified atom stereocenters. The van der Waals surface area contributed by atoms with Gasteiger partial charge in [0.1, 0.15) is 22.8 Å². The van der Waals surface area contributed by atoms with E-state index in [1.165, 1.54) is 19.2 Å². The first-order valence-corrected chi connectivity index (χ1v) is 7.26. The minimum Gasteiger partial charge on any atom is -0.506 e. The van der Waals surface area contributed by atoms with Crippen LogP contribution in [0.2, 0.25) is 0 Å². The van der Waals surface area contributed by atoms with Crippen LogP contribution in [0.4, 0.5) is 0 Å². The van der Waals surface area contributed by atoms with E-state index >= 15 is 0 Å². The molecule has 22 heavy (non-hydrogen) atoms. The summed E-state index contributed by atoms with van der Waals surface area (Å²) in [6.45, 7) is 1.63. The van der Waals surface area contributed by atoms with Crippen LogP contribution in [-0.4, -0.2) is 34.3 Å². The maximum Gasteiger partial charge on any atom is 0.343 e. The van der Waals surface area contributed by atoms with E-state index in [4.69, 9.17) is 49.7 Å². The SMILES string of the molecule is CCOC(=O)/C(C(=N)C(Cl)(Cl)Cl)=C(/O)c1ccc(OC)cc1. The molecule has 0 fully saturated rings. The minimum atomic E-state index is -2.18. The summed E-state index contributed by atoms with van der Waals surface area (Å²) < 4.78 is 7.63. The summed E-state index contributed by atoms with van der Waals surface area (Å²) in [6.07, 6.45) is 0. The van der Waals surface area contributed by atoms with Gasteiger partial charge in [-0.2, -0.15) is 0 Å². The molecule has 1 aromatic carbocycles. The molecule has 0 aliphatic carbocycles. The Balaban J connectivity index is 3.38. The number of hydrogen-bond donors (Lipinski definition) is 2. The first-order valence-electron chi connectivity index (χ1n) is 6.13. The van der Waals surface area contributed by atoms with Crippen LogP contribution in [0.3, 0.4) is 0 Å². The third kappa shape index (κ3) is 4.53. The summed E-state index contributed by atoms with van der Waals surface area (Å²) in [4.78, 5) is 12.0. The van der Waals surface area contributed by atoms with E-state index in [1.54, 1.807) is 19.1 Å². The number of halogens is 3. The van der Waals surface area contributed by atoms with Gasteiger partial charge in [-0.3, -0.25) is 5.41 Å². The molecule has 0 bridgehead atoms. The number of carbonyl (C=O) groups is 1. The minimum absolute atomic E-state index is 0.0470. The summed E-state index contributed by atoms with van der Waals surface area (Å²) in [5.41, 5.74) is -0.931. The van der Waals surface area contributed by atoms with Crippen molar-refractivity contribution in [1.29, 1.82) is 5.41 Å². The van der Waals surface area contributed by atoms with Gasteiger partial charge < -0.3 is 14.6 Å². The molecule has 0 saturated heterocycles. The molecule has 0 amide bonds. The average molecular weight is 367 g/mol. The number of rotatable bonds is 5. The molecular formula is C14H14Cl3NO4. The molecule has 0 radical (unpaired) electrons. The van der Waals surface area contributed by atoms with Gasteiger partial charge >= 0.3 is 5.97 Å². The highest BCUT2D eigenvalue weighted by atomic mass is 35.6. The van der Waals surface area contributed by atoms with Gasteiger partial charge in [-0.15, -0.1) is 0 Å². The first-order chi connectivity index (χ1) is 10.2. The summed E-state index contributed by atoms with van der Waals surface area (Å²) in [7, 11) is 1.49. The van der Waals surface area contributed by atoms with Crippen LogP contribution in [0.25, 0.3) is 5.76 Å². The molecule has 1 aromatic rings. The Bertz CT molecular complexity index is 591. The predicted octanol–water partition coefficient (Wildman–Crippen LogP) is 3.92. The normalized spacial score (nSPS) is 12.4. The Morgan fingerprint density at radius 2 is 1.82 bits per heavy atom. The standard InChI is InChI=1S/C14H14Cl3NO4/c1-3-22-13(20)10(12(18)14(15,16)17)11(19)8-4-6-9(21-2)7-5-8/h4-7,18-19H,3H2,1-2H3/b11-10+,18-12?. The van der Waals surface area contributed by atoms with E-state index < -0.39 is 26.8 Å². The highest BCUT2D eigenvalue weighted by Crippen LogP contribution is 2.33. The van der Waals surface area contributed by atoms with Crippen LogP contribution in [0.15, 0.2) is 29.8 Å². The number of hydrogen-bond acceptors (Lipinski definition) is 5. The summed E-state index contributed by atoms with van der Waals surface area (Å²) in [5, 5.41) is 18.1. The number of alkyl halides is 3. The van der Waals surface area contributed by atoms with Crippen molar-refractivity contribution in [3.05, 3.63) is 35.4 Å². The topological polar surface area (TPSA) is 79.6 Å². The Hall–Kier alpha value is -1.43. The molecule has 120 valence electrons. The Kier molecular flexibility index (Phi) is 6.53. The second kappa shape index (κ2) is 7.72. The fourth-order valence-electron chi connectivity index (χ4n) is 1.56. The van der Waals surface area contributed by atoms with E-state index in [2.05, 4.69) is 0 Å². The largest absolute Gasteiger partial charge is 0.506 e. The lowest BCUT2D eigenvalue weighted by Gasteiger charge is -2.16. The number of methoxy groups -OCH3 is 1. The number of esters is 1. The van der Waals surface area contributed by atoms with Gasteiger partial charge in [0.25, 0.3) is 0 Å². The number of carbonyl (C=O) groups excluding carboxylic acids is 1. The third-order valence-corrected chi connectivity index (χ3v) is 3.18. The second-order valence-corrected chi connectivity index (χ2v) is 6.33. The van der Waals surface area contributed by atoms with Crippen molar-refractivity contribution in [3.8, 4) is 5.75 Å². The lowest BCUT2D eigenvalue weighted by Crippen LogP contribution is -2.27. The molecule has 0 atom stereocenters. The van der Waals surface area contributed by atoms with E-state index in [1.807, 2.05) is 0 Å². The van der Waals surface area contributed by atoms with Crippen LogP contribution < -0.4 is 4.74 Å². The van der Waals surface area contributed by atoms with E-state index in [0.717, 1.165) is 0 Å². The lowest BCUT2D eigenvalue weighted by molar-refractivity contribution is -0.137. The van der Waals surface area contributed by atoms with Crippen molar-refractivity contribution in [1.82, 2.24) is 0 Å². The molecule has 8 heteroatoms. The van der Waals surface area contributed by atoms with Crippen molar-refractivity contribution in [2.75, 3.05) is 13.7 Å². The van der Waals surface area contributed by atoms with Crippen molar-refractivity contribution < 1.29 is 19.4 Å². The van der Waals surface area contributed by atoms with Crippen LogP contribution in [0.1, 0.15) is 12.5 Å². The Labute approximate surface area is 142 Å². The maximum atomic E-state index is 12.0. The summed E-state index contributed by atoms with van der Waals surface area (Å²) in [6, 6.07) is 6.15. The molecule has 0 spiro atoms. The van der Waals surface area contributed by atoms with Crippen molar-refractivity contribution >= 4 is 52.2 Å². The van der Waals surface area contributed by atoms with Gasteiger partial charge in [-0.1, -0.05) is 34.8 Å². The van der Waals surface area contributed by atoms with Crippen molar-refractivity contribution in [3.63, 3.8) is 0 Å². The van der Waals surface area contributed by atoms with Crippen molar-refractivity contribution in [2.45, 2.75) is 10.7 Å². The van der Waals surface area contributed by atoms with E-state index in [-0.39, 0.29) is 12.2 Å². The smallest absolute Gasteiger partial charge is 0.343 e. The Morgan fingerprint density at radius 1 is 1.27 bits per heavy atom. The molecular weight excluding hydrogens is 353 g/mol. The monoisotopic (exact) mass is 365 g/mol. The van der Waals surface area contributed by atoms with Gasteiger partial charge in [0.05, 0.1) is 13.7 Å². The van der Waals surface area contributed by atoms with Crippen LogP contribution in [-0.2, 0) is 9.53 Å². The molecule has 0 saturated carbocycles. The quantitative estimate of drug-likeness (QED) is 0.272. The molecule has 1 rings (SSSR count). The summed E-state index contributed by atoms with van der Waals surface area (Å²) >= 11 is 16.9. The first kappa shape index (κ1) is 18.6. The zero-order chi connectivity index (χ0) is 16.9. The van der Waals surface area contributed by atoms with E-state index in [9.17, 15) is 9.90 Å². The molecule has 0 aliphatic heterocycles. The predicted molar refractivity (Wildman–Crippen MR) is 87.2 cm³/mol. The number of nitrogens with one attached hydrogen (secondary N) is 1. The van der Waals surface area contributed by atoms with Gasteiger partial charge in [0.15, 0.2) is 0 Å². The van der Waals surface area contributed by atoms with Crippen molar-refractivity contribution in [2.24, 2.45) is 0 Å². The molecule has 0 aliphatic rings. The molecule has 2 N–H and O–H groups in total. The van der Waals surface area contributed by atoms with Gasteiger partial charge in [0, 0.05) is 5.56 Å². The van der Waals surface area contributed by atoms with E-state index in [0.29, 0.717) is 5.75 Å². The van der Waals surface area contributed by atoms with Gasteiger partial charge in [-0.25, -0.2) is 4.79 Å².